The van der Waals surface area contributed by atoms with Crippen molar-refractivity contribution in [2.75, 3.05) is 30.4 Å². The second kappa shape index (κ2) is 9.74. The minimum atomic E-state index is -3.97. The van der Waals surface area contributed by atoms with Gasteiger partial charge in [-0.1, -0.05) is 18.2 Å². The summed E-state index contributed by atoms with van der Waals surface area (Å²) < 4.78 is 44.6. The molecule has 9 heteroatoms. The number of carbonyl (C=O) groups is 1. The summed E-state index contributed by atoms with van der Waals surface area (Å²) in [6, 6.07) is 18.6. The molecule has 1 N–H and O–H groups in total. The molecule has 34 heavy (non-hydrogen) atoms. The van der Waals surface area contributed by atoms with Gasteiger partial charge in [0.15, 0.2) is 6.10 Å². The molecule has 3 aromatic carbocycles. The lowest BCUT2D eigenvalue weighted by Crippen LogP contribution is -2.48. The molecule has 1 atom stereocenters. The molecule has 0 aromatic heterocycles. The number of benzene rings is 3. The van der Waals surface area contributed by atoms with E-state index in [-0.39, 0.29) is 11.4 Å². The van der Waals surface area contributed by atoms with Crippen molar-refractivity contribution in [3.63, 3.8) is 0 Å². The quantitative estimate of drug-likeness (QED) is 0.551. The van der Waals surface area contributed by atoms with E-state index in [9.17, 15) is 13.2 Å². The summed E-state index contributed by atoms with van der Waals surface area (Å²) in [5.74, 6) is 0.429. The predicted molar refractivity (Wildman–Crippen MR) is 129 cm³/mol. The Kier molecular flexibility index (Phi) is 6.76. The molecule has 0 aliphatic carbocycles. The van der Waals surface area contributed by atoms with E-state index in [0.29, 0.717) is 29.5 Å². The molecule has 0 fully saturated rings. The van der Waals surface area contributed by atoms with E-state index in [1.54, 1.807) is 49.6 Å². The molecule has 3 aromatic rings. The highest BCUT2D eigenvalue weighted by Crippen LogP contribution is 2.38. The average molecular weight is 483 g/mol. The zero-order valence-corrected chi connectivity index (χ0v) is 20.0. The SMILES string of the molecule is COCc1cccc(NC(=O)[C@@H]2CN(S(=O)(=O)c3ccc(OC)cc3)c3ccc(C)cc3O2)c1. The van der Waals surface area contributed by atoms with Crippen LogP contribution in [0.3, 0.4) is 0 Å². The first kappa shape index (κ1) is 23.6. The fourth-order valence-corrected chi connectivity index (χ4v) is 5.20. The Balaban J connectivity index is 1.65. The van der Waals surface area contributed by atoms with Gasteiger partial charge in [0.1, 0.15) is 11.5 Å². The van der Waals surface area contributed by atoms with Crippen LogP contribution < -0.4 is 19.1 Å². The van der Waals surface area contributed by atoms with Crippen molar-refractivity contribution in [3.8, 4) is 11.5 Å². The zero-order valence-electron chi connectivity index (χ0n) is 19.1. The van der Waals surface area contributed by atoms with Crippen molar-refractivity contribution in [2.24, 2.45) is 0 Å². The van der Waals surface area contributed by atoms with Gasteiger partial charge >= 0.3 is 0 Å². The van der Waals surface area contributed by atoms with Gasteiger partial charge in [-0.3, -0.25) is 9.10 Å². The van der Waals surface area contributed by atoms with E-state index in [1.165, 1.54) is 23.5 Å². The minimum Gasteiger partial charge on any atom is -0.497 e. The van der Waals surface area contributed by atoms with Crippen LogP contribution in [0.5, 0.6) is 11.5 Å². The van der Waals surface area contributed by atoms with E-state index in [0.717, 1.165) is 11.1 Å². The summed E-state index contributed by atoms with van der Waals surface area (Å²) in [5.41, 5.74) is 2.73. The third-order valence-electron chi connectivity index (χ3n) is 5.43. The van der Waals surface area contributed by atoms with Crippen LogP contribution in [0.1, 0.15) is 11.1 Å². The molecular weight excluding hydrogens is 456 g/mol. The highest BCUT2D eigenvalue weighted by molar-refractivity contribution is 7.92. The van der Waals surface area contributed by atoms with Crippen LogP contribution in [0.4, 0.5) is 11.4 Å². The molecule has 1 aliphatic rings. The Bertz CT molecular complexity index is 1290. The molecule has 0 bridgehead atoms. The average Bonchev–Trinajstić information content (AvgIpc) is 2.83. The molecule has 0 spiro atoms. The molecule has 0 saturated heterocycles. The number of fused-ring (bicyclic) bond motifs is 1. The number of aryl methyl sites for hydroxylation is 1. The van der Waals surface area contributed by atoms with Crippen LogP contribution in [-0.4, -0.2) is 41.2 Å². The Labute approximate surface area is 199 Å². The first-order valence-corrected chi connectivity index (χ1v) is 12.1. The van der Waals surface area contributed by atoms with Gasteiger partial charge < -0.3 is 19.5 Å². The number of amides is 1. The third kappa shape index (κ3) is 4.85. The number of hydrogen-bond acceptors (Lipinski definition) is 6. The van der Waals surface area contributed by atoms with Gasteiger partial charge in [0.05, 0.1) is 30.8 Å². The Hall–Kier alpha value is -3.56. The molecule has 8 nitrogen and oxygen atoms in total. The molecule has 1 amide bonds. The van der Waals surface area contributed by atoms with Crippen molar-refractivity contribution in [3.05, 3.63) is 77.9 Å². The van der Waals surface area contributed by atoms with Crippen molar-refractivity contribution in [2.45, 2.75) is 24.5 Å². The number of nitrogens with one attached hydrogen (secondary N) is 1. The summed E-state index contributed by atoms with van der Waals surface area (Å²) in [5, 5.41) is 2.83. The lowest BCUT2D eigenvalue weighted by Gasteiger charge is -2.35. The molecule has 1 aliphatic heterocycles. The highest BCUT2D eigenvalue weighted by Gasteiger charge is 2.37. The summed E-state index contributed by atoms with van der Waals surface area (Å²) in [6.45, 7) is 2.11. The molecule has 0 saturated carbocycles. The fraction of sp³-hybridized carbons (Fsp3) is 0.240. The number of hydrogen-bond donors (Lipinski definition) is 1. The second-order valence-electron chi connectivity index (χ2n) is 7.91. The van der Waals surface area contributed by atoms with Crippen LogP contribution in [0, 0.1) is 6.92 Å². The standard InChI is InChI=1S/C25H26N2O6S/c1-17-7-12-22-23(13-17)33-24(25(28)26-19-6-4-5-18(14-19)16-31-2)15-27(22)34(29,30)21-10-8-20(32-3)9-11-21/h4-14,24H,15-16H2,1-3H3,(H,26,28)/t24-/m0/s1. The Morgan fingerprint density at radius 1 is 1.09 bits per heavy atom. The van der Waals surface area contributed by atoms with Crippen LogP contribution >= 0.6 is 0 Å². The van der Waals surface area contributed by atoms with E-state index >= 15 is 0 Å². The summed E-state index contributed by atoms with van der Waals surface area (Å²) >= 11 is 0. The van der Waals surface area contributed by atoms with Gasteiger partial charge in [-0.2, -0.15) is 0 Å². The monoisotopic (exact) mass is 482 g/mol. The smallest absolute Gasteiger partial charge is 0.267 e. The lowest BCUT2D eigenvalue weighted by atomic mass is 10.1. The molecule has 178 valence electrons. The third-order valence-corrected chi connectivity index (χ3v) is 7.22. The minimum absolute atomic E-state index is 0.0909. The topological polar surface area (TPSA) is 94.2 Å². The molecular formula is C25H26N2O6S. The summed E-state index contributed by atoms with van der Waals surface area (Å²) in [7, 11) is -0.858. The van der Waals surface area contributed by atoms with Gasteiger partial charge in [0.2, 0.25) is 0 Å². The van der Waals surface area contributed by atoms with Crippen molar-refractivity contribution < 1.29 is 27.4 Å². The predicted octanol–water partition coefficient (Wildman–Crippen LogP) is 3.75. The maximum atomic E-state index is 13.6. The van der Waals surface area contributed by atoms with E-state index < -0.39 is 22.0 Å². The number of carbonyl (C=O) groups excluding carboxylic acids is 1. The van der Waals surface area contributed by atoms with Crippen LogP contribution in [0.25, 0.3) is 0 Å². The zero-order chi connectivity index (χ0) is 24.3. The second-order valence-corrected chi connectivity index (χ2v) is 9.77. The number of anilines is 2. The fourth-order valence-electron chi connectivity index (χ4n) is 3.73. The van der Waals surface area contributed by atoms with Gasteiger partial charge in [-0.05, 0) is 66.6 Å². The number of methoxy groups -OCH3 is 2. The van der Waals surface area contributed by atoms with Crippen LogP contribution in [0.15, 0.2) is 71.6 Å². The first-order valence-electron chi connectivity index (χ1n) is 10.6. The van der Waals surface area contributed by atoms with Crippen molar-refractivity contribution >= 4 is 27.3 Å². The Morgan fingerprint density at radius 3 is 2.56 bits per heavy atom. The van der Waals surface area contributed by atoms with E-state index in [4.69, 9.17) is 14.2 Å². The molecule has 0 unspecified atom stereocenters. The van der Waals surface area contributed by atoms with Crippen LogP contribution in [-0.2, 0) is 26.2 Å². The maximum absolute atomic E-state index is 13.6. The molecule has 4 rings (SSSR count). The molecule has 0 radical (unpaired) electrons. The number of ether oxygens (including phenoxy) is 3. The number of nitrogens with zero attached hydrogens (tertiary/aromatic N) is 1. The van der Waals surface area contributed by atoms with Crippen molar-refractivity contribution in [1.82, 2.24) is 0 Å². The molecule has 1 heterocycles. The summed E-state index contributed by atoms with van der Waals surface area (Å²) in [6.07, 6.45) is -1.05. The number of sulfonamides is 1. The van der Waals surface area contributed by atoms with E-state index in [2.05, 4.69) is 5.32 Å². The normalized spacial score (nSPS) is 15.3. The Morgan fingerprint density at radius 2 is 1.85 bits per heavy atom. The van der Waals surface area contributed by atoms with Gasteiger partial charge in [-0.25, -0.2) is 8.42 Å². The van der Waals surface area contributed by atoms with Crippen molar-refractivity contribution in [1.29, 1.82) is 0 Å². The highest BCUT2D eigenvalue weighted by atomic mass is 32.2. The van der Waals surface area contributed by atoms with Gasteiger partial charge in [0.25, 0.3) is 15.9 Å². The largest absolute Gasteiger partial charge is 0.497 e. The van der Waals surface area contributed by atoms with Gasteiger partial charge in [-0.15, -0.1) is 0 Å². The maximum Gasteiger partial charge on any atom is 0.267 e. The number of rotatable bonds is 7. The first-order chi connectivity index (χ1) is 16.3. The van der Waals surface area contributed by atoms with Gasteiger partial charge in [0, 0.05) is 12.8 Å². The summed E-state index contributed by atoms with van der Waals surface area (Å²) in [4.78, 5) is 13.2. The van der Waals surface area contributed by atoms with E-state index in [1.807, 2.05) is 19.1 Å². The van der Waals surface area contributed by atoms with Crippen LogP contribution in [0.2, 0.25) is 0 Å². The lowest BCUT2D eigenvalue weighted by molar-refractivity contribution is -0.122.